The van der Waals surface area contributed by atoms with Crippen LogP contribution in [-0.4, -0.2) is 5.91 Å². The Hall–Kier alpha value is -2.95. The molecule has 0 spiro atoms. The van der Waals surface area contributed by atoms with E-state index in [4.69, 9.17) is 4.74 Å². The number of hydrogen-bond donors (Lipinski definition) is 1. The van der Waals surface area contributed by atoms with E-state index in [1.807, 2.05) is 43.3 Å². The van der Waals surface area contributed by atoms with Gasteiger partial charge in [-0.3, -0.25) is 4.79 Å². The fourth-order valence-electron chi connectivity index (χ4n) is 2.72. The highest BCUT2D eigenvalue weighted by Crippen LogP contribution is 2.35. The molecule has 0 radical (unpaired) electrons. The normalized spacial score (nSPS) is 11.0. The molecule has 0 heterocycles. The van der Waals surface area contributed by atoms with Gasteiger partial charge >= 0.3 is 0 Å². The Morgan fingerprint density at radius 2 is 1.81 bits per heavy atom. The maximum absolute atomic E-state index is 13.1. The Kier molecular flexibility index (Phi) is 7.61. The molecular formula is C24H17Br2FN2O2. The topological polar surface area (TPSA) is 62.1 Å². The van der Waals surface area contributed by atoms with Gasteiger partial charge in [0.1, 0.15) is 29.8 Å². The van der Waals surface area contributed by atoms with Crippen molar-refractivity contribution in [2.45, 2.75) is 13.5 Å². The lowest BCUT2D eigenvalue weighted by Crippen LogP contribution is -2.13. The van der Waals surface area contributed by atoms with Gasteiger partial charge in [-0.1, -0.05) is 45.8 Å². The second kappa shape index (κ2) is 10.4. The van der Waals surface area contributed by atoms with Crippen molar-refractivity contribution in [1.29, 1.82) is 5.26 Å². The molecule has 3 aromatic rings. The van der Waals surface area contributed by atoms with E-state index in [1.54, 1.807) is 6.07 Å². The summed E-state index contributed by atoms with van der Waals surface area (Å²) in [6.07, 6.45) is 1.46. The van der Waals surface area contributed by atoms with Gasteiger partial charge in [-0.2, -0.15) is 5.26 Å². The zero-order valence-electron chi connectivity index (χ0n) is 16.5. The average molecular weight is 544 g/mol. The van der Waals surface area contributed by atoms with Crippen LogP contribution in [0.4, 0.5) is 10.1 Å². The summed E-state index contributed by atoms with van der Waals surface area (Å²) in [6, 6.07) is 18.8. The molecule has 0 aliphatic heterocycles. The first-order valence-electron chi connectivity index (χ1n) is 9.22. The minimum atomic E-state index is -0.602. The molecule has 4 nitrogen and oxygen atoms in total. The van der Waals surface area contributed by atoms with Crippen LogP contribution in [0.25, 0.3) is 6.08 Å². The lowest BCUT2D eigenvalue weighted by atomic mass is 10.1. The van der Waals surface area contributed by atoms with E-state index in [0.717, 1.165) is 15.6 Å². The average Bonchev–Trinajstić information content (AvgIpc) is 2.74. The highest BCUT2D eigenvalue weighted by atomic mass is 79.9. The standard InChI is InChI=1S/C24H17Br2FN2O2/c1-15-2-4-16(5-3-15)14-31-23-17(11-19(25)12-22(23)26)10-18(13-28)24(30)29-21-8-6-20(27)7-9-21/h2-12H,14H2,1H3,(H,29,30)/b18-10+. The zero-order valence-corrected chi connectivity index (χ0v) is 19.6. The third kappa shape index (κ3) is 6.27. The minimum absolute atomic E-state index is 0.116. The number of nitrogens with zero attached hydrogens (tertiary/aromatic N) is 1. The third-order valence-electron chi connectivity index (χ3n) is 4.31. The van der Waals surface area contributed by atoms with E-state index in [-0.39, 0.29) is 5.57 Å². The van der Waals surface area contributed by atoms with Crippen LogP contribution in [0.3, 0.4) is 0 Å². The molecule has 0 fully saturated rings. The molecule has 3 rings (SSSR count). The molecule has 1 N–H and O–H groups in total. The SMILES string of the molecule is Cc1ccc(COc2c(Br)cc(Br)cc2/C=C(\C#N)C(=O)Nc2ccc(F)cc2)cc1. The quantitative estimate of drug-likeness (QED) is 0.275. The van der Waals surface area contributed by atoms with Crippen molar-refractivity contribution in [2.24, 2.45) is 0 Å². The molecule has 0 aliphatic carbocycles. The largest absolute Gasteiger partial charge is 0.487 e. The molecule has 156 valence electrons. The van der Waals surface area contributed by atoms with Crippen molar-refractivity contribution in [1.82, 2.24) is 0 Å². The molecule has 3 aromatic carbocycles. The van der Waals surface area contributed by atoms with Gasteiger partial charge in [0.15, 0.2) is 0 Å². The monoisotopic (exact) mass is 542 g/mol. The van der Waals surface area contributed by atoms with Gasteiger partial charge in [0.05, 0.1) is 4.47 Å². The van der Waals surface area contributed by atoms with E-state index >= 15 is 0 Å². The highest BCUT2D eigenvalue weighted by molar-refractivity contribution is 9.11. The maximum atomic E-state index is 13.1. The van der Waals surface area contributed by atoms with Crippen LogP contribution >= 0.6 is 31.9 Å². The van der Waals surface area contributed by atoms with Gasteiger partial charge < -0.3 is 10.1 Å². The number of aryl methyl sites for hydroxylation is 1. The van der Waals surface area contributed by atoms with Crippen molar-refractivity contribution >= 4 is 49.5 Å². The van der Waals surface area contributed by atoms with Gasteiger partial charge in [-0.05, 0) is 70.9 Å². The smallest absolute Gasteiger partial charge is 0.266 e. The summed E-state index contributed by atoms with van der Waals surface area (Å²) in [5, 5.41) is 12.1. The van der Waals surface area contributed by atoms with Gasteiger partial charge in [0.2, 0.25) is 0 Å². The molecule has 0 aromatic heterocycles. The van der Waals surface area contributed by atoms with Crippen LogP contribution in [0.5, 0.6) is 5.75 Å². The fraction of sp³-hybridized carbons (Fsp3) is 0.0833. The van der Waals surface area contributed by atoms with E-state index < -0.39 is 11.7 Å². The first-order valence-corrected chi connectivity index (χ1v) is 10.8. The molecule has 7 heteroatoms. The summed E-state index contributed by atoms with van der Waals surface area (Å²) in [4.78, 5) is 12.6. The summed E-state index contributed by atoms with van der Waals surface area (Å²) >= 11 is 6.92. The zero-order chi connectivity index (χ0) is 22.4. The van der Waals surface area contributed by atoms with Crippen LogP contribution in [0, 0.1) is 24.1 Å². The van der Waals surface area contributed by atoms with Crippen molar-refractivity contribution in [3.05, 3.63) is 97.7 Å². The van der Waals surface area contributed by atoms with E-state index in [0.29, 0.717) is 28.1 Å². The van der Waals surface area contributed by atoms with Gasteiger partial charge in [0.25, 0.3) is 5.91 Å². The summed E-state index contributed by atoms with van der Waals surface area (Å²) in [6.45, 7) is 2.34. The number of nitrogens with one attached hydrogen (secondary N) is 1. The second-order valence-corrected chi connectivity index (χ2v) is 8.48. The molecule has 0 aliphatic rings. The van der Waals surface area contributed by atoms with Gasteiger partial charge in [0, 0.05) is 15.7 Å². The summed E-state index contributed by atoms with van der Waals surface area (Å²) in [7, 11) is 0. The Morgan fingerprint density at radius 3 is 2.45 bits per heavy atom. The molecule has 0 saturated heterocycles. The third-order valence-corrected chi connectivity index (χ3v) is 5.35. The van der Waals surface area contributed by atoms with Crippen molar-refractivity contribution in [3.8, 4) is 11.8 Å². The van der Waals surface area contributed by atoms with Crippen molar-refractivity contribution < 1.29 is 13.9 Å². The number of carbonyl (C=O) groups excluding carboxylic acids is 1. The van der Waals surface area contributed by atoms with Crippen molar-refractivity contribution in [2.75, 3.05) is 5.32 Å². The predicted octanol–water partition coefficient (Wildman–Crippen LogP) is 6.78. The van der Waals surface area contributed by atoms with E-state index in [9.17, 15) is 14.4 Å². The second-order valence-electron chi connectivity index (χ2n) is 6.71. The summed E-state index contributed by atoms with van der Waals surface area (Å²) < 4.78 is 20.5. The summed E-state index contributed by atoms with van der Waals surface area (Å²) in [5.41, 5.74) is 2.97. The van der Waals surface area contributed by atoms with Crippen LogP contribution < -0.4 is 10.1 Å². The molecule has 0 atom stereocenters. The number of halogens is 3. The van der Waals surface area contributed by atoms with Crippen LogP contribution in [-0.2, 0) is 11.4 Å². The molecule has 0 bridgehead atoms. The highest BCUT2D eigenvalue weighted by Gasteiger charge is 2.14. The molecule has 0 saturated carbocycles. The fourth-order valence-corrected chi connectivity index (χ4v) is 4.09. The molecule has 31 heavy (non-hydrogen) atoms. The van der Waals surface area contributed by atoms with Gasteiger partial charge in [-0.15, -0.1) is 0 Å². The van der Waals surface area contributed by atoms with Crippen LogP contribution in [0.2, 0.25) is 0 Å². The predicted molar refractivity (Wildman–Crippen MR) is 126 cm³/mol. The van der Waals surface area contributed by atoms with Crippen LogP contribution in [0.15, 0.2) is 75.2 Å². The number of benzene rings is 3. The summed E-state index contributed by atoms with van der Waals surface area (Å²) in [5.74, 6) is -0.510. The Morgan fingerprint density at radius 1 is 1.13 bits per heavy atom. The first kappa shape index (κ1) is 22.7. The number of nitriles is 1. The van der Waals surface area contributed by atoms with E-state index in [1.165, 1.54) is 30.3 Å². The molecular weight excluding hydrogens is 527 g/mol. The lowest BCUT2D eigenvalue weighted by Gasteiger charge is -2.13. The minimum Gasteiger partial charge on any atom is -0.487 e. The number of ether oxygens (including phenoxy) is 1. The Balaban J connectivity index is 1.87. The first-order chi connectivity index (χ1) is 14.9. The molecule has 0 unspecified atom stereocenters. The maximum Gasteiger partial charge on any atom is 0.266 e. The Labute approximate surface area is 196 Å². The number of hydrogen-bond acceptors (Lipinski definition) is 3. The lowest BCUT2D eigenvalue weighted by molar-refractivity contribution is -0.112. The number of anilines is 1. The van der Waals surface area contributed by atoms with Crippen LogP contribution in [0.1, 0.15) is 16.7 Å². The van der Waals surface area contributed by atoms with Crippen molar-refractivity contribution in [3.63, 3.8) is 0 Å². The number of carbonyl (C=O) groups is 1. The Bertz CT molecular complexity index is 1170. The molecule has 1 amide bonds. The van der Waals surface area contributed by atoms with Gasteiger partial charge in [-0.25, -0.2) is 4.39 Å². The van der Waals surface area contributed by atoms with E-state index in [2.05, 4.69) is 37.2 Å². The number of rotatable bonds is 6. The number of amides is 1.